The van der Waals surface area contributed by atoms with Crippen LogP contribution in [0.3, 0.4) is 0 Å². The lowest BCUT2D eigenvalue weighted by Crippen LogP contribution is -2.24. The number of hydrogen-bond acceptors (Lipinski definition) is 4. The second-order valence-electron chi connectivity index (χ2n) is 4.33. The number of allylic oxidation sites excluding steroid dienone is 2. The van der Waals surface area contributed by atoms with Crippen LogP contribution in [0.15, 0.2) is 18.2 Å². The molecule has 0 spiro atoms. The molecule has 0 unspecified atom stereocenters. The van der Waals surface area contributed by atoms with E-state index in [1.807, 2.05) is 24.8 Å². The quantitative estimate of drug-likeness (QED) is 0.607. The predicted octanol–water partition coefficient (Wildman–Crippen LogP) is 4.20. The maximum Gasteiger partial charge on any atom is 0.324 e. The van der Waals surface area contributed by atoms with Crippen molar-refractivity contribution in [1.29, 1.82) is 0 Å². The first-order valence-corrected chi connectivity index (χ1v) is 7.66. The van der Waals surface area contributed by atoms with Crippen molar-refractivity contribution in [1.82, 2.24) is 0 Å². The van der Waals surface area contributed by atoms with Crippen LogP contribution in [-0.2, 0) is 0 Å². The van der Waals surface area contributed by atoms with Gasteiger partial charge in [-0.3, -0.25) is 10.1 Å². The van der Waals surface area contributed by atoms with Crippen molar-refractivity contribution in [2.24, 2.45) is 5.92 Å². The summed E-state index contributed by atoms with van der Waals surface area (Å²) in [5.41, 5.74) is 1.17. The standard InChI is InChI=1S/C12H15NO2S2/c1-8(5-9-6-10(7-9)16-2)11-3-4-12(17-11)13(14)15/h3-5,9-10H,6-7H2,1-2H3/b8-5+. The molecule has 17 heavy (non-hydrogen) atoms. The molecule has 0 bridgehead atoms. The first-order valence-electron chi connectivity index (χ1n) is 5.56. The summed E-state index contributed by atoms with van der Waals surface area (Å²) < 4.78 is 0. The van der Waals surface area contributed by atoms with Crippen molar-refractivity contribution >= 4 is 33.7 Å². The Morgan fingerprint density at radius 3 is 2.82 bits per heavy atom. The highest BCUT2D eigenvalue weighted by atomic mass is 32.2. The lowest BCUT2D eigenvalue weighted by atomic mass is 9.83. The van der Waals surface area contributed by atoms with E-state index in [2.05, 4.69) is 12.3 Å². The van der Waals surface area contributed by atoms with Gasteiger partial charge in [0.05, 0.1) is 4.92 Å². The Balaban J connectivity index is 2.01. The lowest BCUT2D eigenvalue weighted by Gasteiger charge is -2.32. The largest absolute Gasteiger partial charge is 0.324 e. The van der Waals surface area contributed by atoms with E-state index in [1.54, 1.807) is 6.07 Å². The van der Waals surface area contributed by atoms with Crippen molar-refractivity contribution in [3.05, 3.63) is 33.2 Å². The van der Waals surface area contributed by atoms with Gasteiger partial charge < -0.3 is 0 Å². The summed E-state index contributed by atoms with van der Waals surface area (Å²) in [6.45, 7) is 2.04. The number of thioether (sulfide) groups is 1. The van der Waals surface area contributed by atoms with Gasteiger partial charge in [0.15, 0.2) is 0 Å². The molecule has 3 nitrogen and oxygen atoms in total. The number of hydrogen-bond donors (Lipinski definition) is 0. The van der Waals surface area contributed by atoms with Crippen molar-refractivity contribution in [2.45, 2.75) is 25.0 Å². The summed E-state index contributed by atoms with van der Waals surface area (Å²) in [5.74, 6) is 0.661. The van der Waals surface area contributed by atoms with E-state index in [4.69, 9.17) is 0 Å². The molecule has 1 heterocycles. The van der Waals surface area contributed by atoms with Crippen LogP contribution >= 0.6 is 23.1 Å². The molecule has 1 aliphatic carbocycles. The minimum atomic E-state index is -0.325. The Hall–Kier alpha value is -0.810. The number of rotatable bonds is 4. The summed E-state index contributed by atoms with van der Waals surface area (Å²) in [7, 11) is 0. The minimum absolute atomic E-state index is 0.225. The van der Waals surface area contributed by atoms with E-state index in [-0.39, 0.29) is 9.92 Å². The Morgan fingerprint density at radius 1 is 1.59 bits per heavy atom. The molecule has 0 saturated heterocycles. The van der Waals surface area contributed by atoms with E-state index < -0.39 is 0 Å². The fourth-order valence-electron chi connectivity index (χ4n) is 2.01. The highest BCUT2D eigenvalue weighted by molar-refractivity contribution is 7.99. The Bertz CT molecular complexity index is 447. The van der Waals surface area contributed by atoms with Crippen LogP contribution in [0.4, 0.5) is 5.00 Å². The molecule has 2 rings (SSSR count). The van der Waals surface area contributed by atoms with Crippen LogP contribution < -0.4 is 0 Å². The van der Waals surface area contributed by atoms with Crippen LogP contribution in [0.1, 0.15) is 24.6 Å². The van der Waals surface area contributed by atoms with Gasteiger partial charge in [0, 0.05) is 16.2 Å². The van der Waals surface area contributed by atoms with E-state index in [0.717, 1.165) is 10.1 Å². The zero-order valence-corrected chi connectivity index (χ0v) is 11.5. The third-order valence-electron chi connectivity index (χ3n) is 3.11. The molecule has 92 valence electrons. The van der Waals surface area contributed by atoms with Gasteiger partial charge in [-0.05, 0) is 43.6 Å². The van der Waals surface area contributed by atoms with Gasteiger partial charge >= 0.3 is 5.00 Å². The van der Waals surface area contributed by atoms with Gasteiger partial charge in [0.2, 0.25) is 0 Å². The summed E-state index contributed by atoms with van der Waals surface area (Å²) >= 11 is 3.19. The molecule has 1 aromatic heterocycles. The predicted molar refractivity (Wildman–Crippen MR) is 74.7 cm³/mol. The summed E-state index contributed by atoms with van der Waals surface area (Å²) in [5, 5.41) is 11.6. The van der Waals surface area contributed by atoms with Gasteiger partial charge in [-0.1, -0.05) is 17.4 Å². The third kappa shape index (κ3) is 2.90. The van der Waals surface area contributed by atoms with Crippen molar-refractivity contribution in [3.8, 4) is 0 Å². The van der Waals surface area contributed by atoms with Crippen LogP contribution in [0.5, 0.6) is 0 Å². The second-order valence-corrected chi connectivity index (χ2v) is 6.53. The lowest BCUT2D eigenvalue weighted by molar-refractivity contribution is -0.380. The van der Waals surface area contributed by atoms with Gasteiger partial charge in [0.1, 0.15) is 0 Å². The molecular formula is C12H15NO2S2. The zero-order chi connectivity index (χ0) is 12.4. The maximum absolute atomic E-state index is 10.6. The average Bonchev–Trinajstić information content (AvgIpc) is 2.71. The number of thiophene rings is 1. The van der Waals surface area contributed by atoms with Crippen LogP contribution in [0, 0.1) is 16.0 Å². The number of nitro groups is 1. The Kier molecular flexibility index (Phi) is 3.89. The molecule has 0 N–H and O–H groups in total. The van der Waals surface area contributed by atoms with E-state index in [9.17, 15) is 10.1 Å². The summed E-state index contributed by atoms with van der Waals surface area (Å²) in [6.07, 6.45) is 6.90. The number of nitrogens with zero attached hydrogens (tertiary/aromatic N) is 1. The Labute approximate surface area is 109 Å². The smallest absolute Gasteiger partial charge is 0.258 e. The average molecular weight is 269 g/mol. The van der Waals surface area contributed by atoms with E-state index >= 15 is 0 Å². The molecule has 0 aliphatic heterocycles. The van der Waals surface area contributed by atoms with E-state index in [0.29, 0.717) is 5.92 Å². The molecule has 1 saturated carbocycles. The first kappa shape index (κ1) is 12.6. The molecule has 0 radical (unpaired) electrons. The topological polar surface area (TPSA) is 43.1 Å². The summed E-state index contributed by atoms with van der Waals surface area (Å²) in [4.78, 5) is 11.3. The van der Waals surface area contributed by atoms with Gasteiger partial charge in [-0.15, -0.1) is 0 Å². The zero-order valence-electron chi connectivity index (χ0n) is 9.88. The van der Waals surface area contributed by atoms with Crippen LogP contribution in [0.25, 0.3) is 5.57 Å². The molecular weight excluding hydrogens is 254 g/mol. The molecule has 1 aromatic rings. The highest BCUT2D eigenvalue weighted by Gasteiger charge is 2.26. The van der Waals surface area contributed by atoms with Crippen LogP contribution in [0.2, 0.25) is 0 Å². The monoisotopic (exact) mass is 269 g/mol. The molecule has 0 amide bonds. The van der Waals surface area contributed by atoms with Crippen molar-refractivity contribution < 1.29 is 4.92 Å². The third-order valence-corrected chi connectivity index (χ3v) is 5.33. The van der Waals surface area contributed by atoms with Crippen molar-refractivity contribution in [3.63, 3.8) is 0 Å². The SMILES string of the molecule is CSC1CC(/C=C(\C)c2ccc([N+](=O)[O-])s2)C1. The molecule has 0 aromatic carbocycles. The highest BCUT2D eigenvalue weighted by Crippen LogP contribution is 2.39. The van der Waals surface area contributed by atoms with Gasteiger partial charge in [-0.25, -0.2) is 0 Å². The molecule has 1 fully saturated rings. The Morgan fingerprint density at radius 2 is 2.29 bits per heavy atom. The first-order chi connectivity index (χ1) is 8.10. The fourth-order valence-corrected chi connectivity index (χ4v) is 3.69. The van der Waals surface area contributed by atoms with Crippen LogP contribution in [-0.4, -0.2) is 16.4 Å². The van der Waals surface area contributed by atoms with E-state index in [1.165, 1.54) is 29.8 Å². The second kappa shape index (κ2) is 5.23. The molecule has 5 heteroatoms. The molecule has 0 atom stereocenters. The summed E-state index contributed by atoms with van der Waals surface area (Å²) in [6, 6.07) is 3.43. The molecule has 1 aliphatic rings. The normalized spacial score (nSPS) is 24.5. The fraction of sp³-hybridized carbons (Fsp3) is 0.500. The minimum Gasteiger partial charge on any atom is -0.258 e. The van der Waals surface area contributed by atoms with Gasteiger partial charge in [0.25, 0.3) is 0 Å². The van der Waals surface area contributed by atoms with Gasteiger partial charge in [-0.2, -0.15) is 11.8 Å². The van der Waals surface area contributed by atoms with Crippen molar-refractivity contribution in [2.75, 3.05) is 6.26 Å². The maximum atomic E-state index is 10.6.